The van der Waals surface area contributed by atoms with E-state index >= 15 is 0 Å². The van der Waals surface area contributed by atoms with Gasteiger partial charge in [0.15, 0.2) is 0 Å². The van der Waals surface area contributed by atoms with Gasteiger partial charge in [-0.05, 0) is 36.2 Å². The highest BCUT2D eigenvalue weighted by atomic mass is 16.5. The molecule has 9 heteroatoms. The lowest BCUT2D eigenvalue weighted by molar-refractivity contribution is -0.130. The number of hydrogen-bond donors (Lipinski definition) is 3. The largest absolute Gasteiger partial charge is 0.497 e. The zero-order valence-corrected chi connectivity index (χ0v) is 17.1. The molecular formula is C22H23N5O4. The number of urea groups is 1. The Hall–Kier alpha value is -3.88. The van der Waals surface area contributed by atoms with Crippen LogP contribution in [0, 0.1) is 0 Å². The highest BCUT2D eigenvalue weighted by Gasteiger charge is 2.38. The zero-order chi connectivity index (χ0) is 21.8. The number of imide groups is 1. The monoisotopic (exact) mass is 421 g/mol. The minimum Gasteiger partial charge on any atom is -0.497 e. The number of imidazole rings is 1. The number of ether oxygens (including phenoxy) is 1. The van der Waals surface area contributed by atoms with Gasteiger partial charge in [0, 0.05) is 6.54 Å². The third-order valence-corrected chi connectivity index (χ3v) is 5.17. The van der Waals surface area contributed by atoms with Gasteiger partial charge in [0.25, 0.3) is 5.91 Å². The van der Waals surface area contributed by atoms with Gasteiger partial charge in [-0.25, -0.2) is 9.78 Å². The Kier molecular flexibility index (Phi) is 5.83. The van der Waals surface area contributed by atoms with Crippen LogP contribution < -0.4 is 15.4 Å². The molecule has 1 aliphatic rings. The molecule has 1 aromatic heterocycles. The number of para-hydroxylation sites is 2. The number of nitrogens with one attached hydrogen (secondary N) is 3. The molecule has 31 heavy (non-hydrogen) atoms. The number of fused-ring (bicyclic) bond motifs is 1. The van der Waals surface area contributed by atoms with Crippen LogP contribution in [0.15, 0.2) is 48.5 Å². The van der Waals surface area contributed by atoms with Crippen LogP contribution >= 0.6 is 0 Å². The number of H-pyrrole nitrogens is 1. The van der Waals surface area contributed by atoms with Crippen molar-refractivity contribution in [3.8, 4) is 5.75 Å². The number of aromatic nitrogens is 2. The van der Waals surface area contributed by atoms with E-state index in [0.717, 1.165) is 27.2 Å². The summed E-state index contributed by atoms with van der Waals surface area (Å²) in [6.45, 7) is 0.456. The summed E-state index contributed by atoms with van der Waals surface area (Å²) >= 11 is 0. The maximum Gasteiger partial charge on any atom is 0.324 e. The number of hydrogen-bond acceptors (Lipinski definition) is 5. The number of nitrogens with zero attached hydrogens (tertiary/aromatic N) is 2. The summed E-state index contributed by atoms with van der Waals surface area (Å²) in [5.74, 6) is 0.637. The summed E-state index contributed by atoms with van der Waals surface area (Å²) in [5.41, 5.74) is 2.68. The Bertz CT molecular complexity index is 1080. The van der Waals surface area contributed by atoms with Crippen LogP contribution in [0.25, 0.3) is 11.0 Å². The highest BCUT2D eigenvalue weighted by molar-refractivity contribution is 6.05. The first-order valence-electron chi connectivity index (χ1n) is 9.98. The first-order valence-corrected chi connectivity index (χ1v) is 9.98. The molecule has 1 aliphatic heterocycles. The normalized spacial score (nSPS) is 15.9. The van der Waals surface area contributed by atoms with Gasteiger partial charge in [0.1, 0.15) is 17.6 Å². The molecule has 4 amide bonds. The molecule has 160 valence electrons. The summed E-state index contributed by atoms with van der Waals surface area (Å²) in [6, 6.07) is 13.7. The van der Waals surface area contributed by atoms with Crippen LogP contribution in [-0.2, 0) is 22.6 Å². The Morgan fingerprint density at radius 3 is 2.68 bits per heavy atom. The van der Waals surface area contributed by atoms with Crippen molar-refractivity contribution in [1.29, 1.82) is 0 Å². The van der Waals surface area contributed by atoms with E-state index in [-0.39, 0.29) is 25.4 Å². The minimum absolute atomic E-state index is 0.121. The van der Waals surface area contributed by atoms with Gasteiger partial charge in [-0.15, -0.1) is 0 Å². The molecule has 2 aromatic carbocycles. The van der Waals surface area contributed by atoms with E-state index < -0.39 is 18.0 Å². The first kappa shape index (κ1) is 20.4. The molecule has 0 radical (unpaired) electrons. The molecule has 1 unspecified atom stereocenters. The van der Waals surface area contributed by atoms with Crippen molar-refractivity contribution in [2.75, 3.05) is 13.7 Å². The van der Waals surface area contributed by atoms with E-state index in [1.54, 1.807) is 7.11 Å². The Balaban J connectivity index is 1.27. The molecule has 0 bridgehead atoms. The van der Waals surface area contributed by atoms with Crippen LogP contribution in [0.4, 0.5) is 4.79 Å². The van der Waals surface area contributed by atoms with Crippen LogP contribution in [-0.4, -0.2) is 52.4 Å². The molecule has 3 aromatic rings. The van der Waals surface area contributed by atoms with Crippen molar-refractivity contribution >= 4 is 28.9 Å². The summed E-state index contributed by atoms with van der Waals surface area (Å²) in [5, 5.41) is 5.33. The predicted molar refractivity (Wildman–Crippen MR) is 113 cm³/mol. The van der Waals surface area contributed by atoms with Crippen molar-refractivity contribution in [3.63, 3.8) is 0 Å². The van der Waals surface area contributed by atoms with Gasteiger partial charge in [-0.1, -0.05) is 24.3 Å². The number of carbonyl (C=O) groups excluding carboxylic acids is 3. The molecule has 1 saturated heterocycles. The number of methoxy groups -OCH3 is 1. The molecule has 1 atom stereocenters. The minimum atomic E-state index is -0.862. The van der Waals surface area contributed by atoms with E-state index in [2.05, 4.69) is 20.6 Å². The lowest BCUT2D eigenvalue weighted by Gasteiger charge is -2.13. The average molecular weight is 421 g/mol. The smallest absolute Gasteiger partial charge is 0.324 e. The van der Waals surface area contributed by atoms with Crippen LogP contribution in [0.2, 0.25) is 0 Å². The van der Waals surface area contributed by atoms with Gasteiger partial charge in [-0.2, -0.15) is 0 Å². The highest BCUT2D eigenvalue weighted by Crippen LogP contribution is 2.15. The second-order valence-corrected chi connectivity index (χ2v) is 7.27. The fourth-order valence-electron chi connectivity index (χ4n) is 3.49. The molecule has 4 rings (SSSR count). The summed E-state index contributed by atoms with van der Waals surface area (Å²) in [7, 11) is 1.59. The van der Waals surface area contributed by atoms with E-state index in [1.807, 2.05) is 48.5 Å². The van der Waals surface area contributed by atoms with Crippen LogP contribution in [0.1, 0.15) is 17.8 Å². The van der Waals surface area contributed by atoms with E-state index in [4.69, 9.17) is 4.74 Å². The number of carbonyl (C=O) groups is 3. The second kappa shape index (κ2) is 8.86. The Morgan fingerprint density at radius 2 is 1.94 bits per heavy atom. The van der Waals surface area contributed by atoms with Gasteiger partial charge in [0.05, 0.1) is 31.1 Å². The maximum atomic E-state index is 12.6. The molecule has 0 saturated carbocycles. The molecule has 3 N–H and O–H groups in total. The number of rotatable bonds is 8. The first-order chi connectivity index (χ1) is 15.0. The van der Waals surface area contributed by atoms with E-state index in [1.165, 1.54) is 0 Å². The third-order valence-electron chi connectivity index (χ3n) is 5.17. The average Bonchev–Trinajstić information content (AvgIpc) is 3.31. The fourth-order valence-corrected chi connectivity index (χ4v) is 3.49. The Labute approximate surface area is 178 Å². The zero-order valence-electron chi connectivity index (χ0n) is 17.1. The maximum absolute atomic E-state index is 12.6. The van der Waals surface area contributed by atoms with Gasteiger partial charge < -0.3 is 20.4 Å². The van der Waals surface area contributed by atoms with Crippen LogP contribution in [0.3, 0.4) is 0 Å². The molecule has 1 fully saturated rings. The van der Waals surface area contributed by atoms with E-state index in [9.17, 15) is 14.4 Å². The molecule has 2 heterocycles. The molecule has 9 nitrogen and oxygen atoms in total. The Morgan fingerprint density at radius 1 is 1.16 bits per heavy atom. The van der Waals surface area contributed by atoms with Crippen molar-refractivity contribution < 1.29 is 19.1 Å². The summed E-state index contributed by atoms with van der Waals surface area (Å²) in [4.78, 5) is 45.8. The topological polar surface area (TPSA) is 116 Å². The standard InChI is InChI=1S/C22H23N5O4/c1-31-15-8-6-14(7-9-15)10-11-27-21(29)18(26-22(27)30)12-20(28)23-13-19-24-16-4-2-3-5-17(16)25-19/h2-9,18H,10-13H2,1H3,(H,23,28)(H,24,25)(H,26,30). The third kappa shape index (κ3) is 4.66. The molecular weight excluding hydrogens is 398 g/mol. The number of amides is 4. The SMILES string of the molecule is COc1ccc(CCN2C(=O)NC(CC(=O)NCc3nc4ccccc4[nH]3)C2=O)cc1. The van der Waals surface area contributed by atoms with Crippen LogP contribution in [0.5, 0.6) is 5.75 Å². The summed E-state index contributed by atoms with van der Waals surface area (Å²) < 4.78 is 5.12. The van der Waals surface area contributed by atoms with Crippen molar-refractivity contribution in [3.05, 3.63) is 59.9 Å². The van der Waals surface area contributed by atoms with E-state index in [0.29, 0.717) is 12.2 Å². The predicted octanol–water partition coefficient (Wildman–Crippen LogP) is 1.74. The number of benzene rings is 2. The van der Waals surface area contributed by atoms with Crippen molar-refractivity contribution in [1.82, 2.24) is 25.5 Å². The van der Waals surface area contributed by atoms with Gasteiger partial charge >= 0.3 is 6.03 Å². The summed E-state index contributed by atoms with van der Waals surface area (Å²) in [6.07, 6.45) is 0.401. The van der Waals surface area contributed by atoms with Crippen molar-refractivity contribution in [2.45, 2.75) is 25.4 Å². The second-order valence-electron chi connectivity index (χ2n) is 7.27. The van der Waals surface area contributed by atoms with Gasteiger partial charge in [0.2, 0.25) is 5.91 Å². The molecule has 0 spiro atoms. The van der Waals surface area contributed by atoms with Gasteiger partial charge in [-0.3, -0.25) is 14.5 Å². The lowest BCUT2D eigenvalue weighted by Crippen LogP contribution is -2.36. The quantitative estimate of drug-likeness (QED) is 0.479. The molecule has 0 aliphatic carbocycles. The number of aromatic amines is 1. The lowest BCUT2D eigenvalue weighted by atomic mass is 10.1. The van der Waals surface area contributed by atoms with Crippen molar-refractivity contribution in [2.24, 2.45) is 0 Å². The fraction of sp³-hybridized carbons (Fsp3) is 0.273.